The maximum absolute atomic E-state index is 13.9. The third kappa shape index (κ3) is 5.93. The summed E-state index contributed by atoms with van der Waals surface area (Å²) >= 11 is 0. The van der Waals surface area contributed by atoms with Crippen LogP contribution >= 0.6 is 0 Å². The topological polar surface area (TPSA) is 58.6 Å². The van der Waals surface area contributed by atoms with Crippen molar-refractivity contribution in [3.05, 3.63) is 101 Å². The summed E-state index contributed by atoms with van der Waals surface area (Å²) in [5, 5.41) is 3.59. The van der Waals surface area contributed by atoms with Gasteiger partial charge in [0, 0.05) is 24.1 Å². The number of ketones is 1. The SMILES string of the molecule is CCCCCC(=O)N1c2ccccc2NC2=C(C(=O)CC(C)(C)C2)[C@H]1c1ccc(OCc2ccccc2)cc1. The van der Waals surface area contributed by atoms with Crippen molar-refractivity contribution < 1.29 is 14.3 Å². The molecule has 202 valence electrons. The van der Waals surface area contributed by atoms with Crippen LogP contribution in [-0.4, -0.2) is 11.7 Å². The fraction of sp³-hybridized carbons (Fsp3) is 0.353. The molecule has 3 aromatic carbocycles. The number of Topliss-reactive ketones (excluding diaryl/α,β-unsaturated/α-hetero) is 1. The van der Waals surface area contributed by atoms with Gasteiger partial charge in [-0.1, -0.05) is 88.2 Å². The number of allylic oxidation sites excluding steroid dienone is 1. The van der Waals surface area contributed by atoms with E-state index in [1.165, 1.54) is 0 Å². The van der Waals surface area contributed by atoms with Gasteiger partial charge in [0.05, 0.1) is 17.4 Å². The molecule has 1 amide bonds. The highest BCUT2D eigenvalue weighted by Crippen LogP contribution is 2.48. The number of benzene rings is 3. The molecular formula is C34H38N2O3. The largest absolute Gasteiger partial charge is 0.489 e. The van der Waals surface area contributed by atoms with Gasteiger partial charge in [-0.15, -0.1) is 0 Å². The number of fused-ring (bicyclic) bond motifs is 1. The van der Waals surface area contributed by atoms with Gasteiger partial charge >= 0.3 is 0 Å². The number of carbonyl (C=O) groups is 2. The quantitative estimate of drug-likeness (QED) is 0.305. The van der Waals surface area contributed by atoms with E-state index in [-0.39, 0.29) is 17.1 Å². The highest BCUT2D eigenvalue weighted by Gasteiger charge is 2.43. The molecule has 0 radical (unpaired) electrons. The first-order valence-corrected chi connectivity index (χ1v) is 14.1. The highest BCUT2D eigenvalue weighted by molar-refractivity contribution is 6.06. The second-order valence-electron chi connectivity index (χ2n) is 11.4. The lowest BCUT2D eigenvalue weighted by Crippen LogP contribution is -2.39. The molecule has 2 aliphatic rings. The Hall–Kier alpha value is -3.86. The molecule has 1 aliphatic carbocycles. The molecule has 0 fully saturated rings. The predicted octanol–water partition coefficient (Wildman–Crippen LogP) is 7.99. The van der Waals surface area contributed by atoms with Crippen molar-refractivity contribution >= 4 is 23.1 Å². The van der Waals surface area contributed by atoms with E-state index in [9.17, 15) is 9.59 Å². The van der Waals surface area contributed by atoms with Gasteiger partial charge in [0.25, 0.3) is 0 Å². The van der Waals surface area contributed by atoms with Gasteiger partial charge in [0.15, 0.2) is 5.78 Å². The summed E-state index contributed by atoms with van der Waals surface area (Å²) in [7, 11) is 0. The number of hydrogen-bond donors (Lipinski definition) is 1. The molecule has 0 spiro atoms. The van der Waals surface area contributed by atoms with E-state index in [0.717, 1.165) is 59.6 Å². The molecule has 0 saturated carbocycles. The maximum Gasteiger partial charge on any atom is 0.227 e. The van der Waals surface area contributed by atoms with Crippen LogP contribution in [0.1, 0.15) is 76.5 Å². The lowest BCUT2D eigenvalue weighted by atomic mass is 9.73. The summed E-state index contributed by atoms with van der Waals surface area (Å²) in [6, 6.07) is 25.4. The van der Waals surface area contributed by atoms with Crippen molar-refractivity contribution in [2.45, 2.75) is 71.9 Å². The molecule has 0 aromatic heterocycles. The van der Waals surface area contributed by atoms with E-state index in [4.69, 9.17) is 4.74 Å². The number of unbranched alkanes of at least 4 members (excludes halogenated alkanes) is 2. The van der Waals surface area contributed by atoms with Crippen molar-refractivity contribution in [2.75, 3.05) is 10.2 Å². The summed E-state index contributed by atoms with van der Waals surface area (Å²) in [5.41, 5.74) is 5.15. The fourth-order valence-electron chi connectivity index (χ4n) is 5.71. The van der Waals surface area contributed by atoms with Crippen LogP contribution in [0.15, 0.2) is 90.1 Å². The summed E-state index contributed by atoms with van der Waals surface area (Å²) in [4.78, 5) is 29.6. The molecular weight excluding hydrogens is 484 g/mol. The molecule has 0 saturated heterocycles. The average Bonchev–Trinajstić information content (AvgIpc) is 3.06. The van der Waals surface area contributed by atoms with Gasteiger partial charge in [-0.05, 0) is 53.6 Å². The van der Waals surface area contributed by atoms with Gasteiger partial charge in [0.1, 0.15) is 12.4 Å². The number of hydrogen-bond acceptors (Lipinski definition) is 4. The predicted molar refractivity (Wildman–Crippen MR) is 157 cm³/mol. The summed E-state index contributed by atoms with van der Waals surface area (Å²) in [5.74, 6) is 0.890. The molecule has 3 aromatic rings. The van der Waals surface area contributed by atoms with Crippen LogP contribution in [0.5, 0.6) is 5.75 Å². The number of anilines is 2. The summed E-state index contributed by atoms with van der Waals surface area (Å²) < 4.78 is 6.04. The van der Waals surface area contributed by atoms with Crippen molar-refractivity contribution in [1.82, 2.24) is 0 Å². The van der Waals surface area contributed by atoms with Gasteiger partial charge in [-0.3, -0.25) is 14.5 Å². The van der Waals surface area contributed by atoms with Gasteiger partial charge in [-0.2, -0.15) is 0 Å². The van der Waals surface area contributed by atoms with Crippen LogP contribution in [0.2, 0.25) is 0 Å². The molecule has 1 N–H and O–H groups in total. The van der Waals surface area contributed by atoms with Gasteiger partial charge < -0.3 is 10.1 Å². The lowest BCUT2D eigenvalue weighted by molar-refractivity contribution is -0.119. The molecule has 0 bridgehead atoms. The molecule has 5 rings (SSSR count). The third-order valence-corrected chi connectivity index (χ3v) is 7.61. The van der Waals surface area contributed by atoms with Gasteiger partial charge in [0.2, 0.25) is 5.91 Å². The first-order valence-electron chi connectivity index (χ1n) is 14.1. The Morgan fingerprint density at radius 1 is 0.949 bits per heavy atom. The third-order valence-electron chi connectivity index (χ3n) is 7.61. The second kappa shape index (κ2) is 11.5. The number of amides is 1. The van der Waals surface area contributed by atoms with Crippen LogP contribution in [0.25, 0.3) is 0 Å². The first kappa shape index (κ1) is 26.7. The van der Waals surface area contributed by atoms with Crippen molar-refractivity contribution in [2.24, 2.45) is 5.41 Å². The number of nitrogens with zero attached hydrogens (tertiary/aromatic N) is 1. The van der Waals surface area contributed by atoms with Crippen LogP contribution in [-0.2, 0) is 16.2 Å². The molecule has 1 aliphatic heterocycles. The zero-order valence-electron chi connectivity index (χ0n) is 23.2. The van der Waals surface area contributed by atoms with Crippen LogP contribution in [0.4, 0.5) is 11.4 Å². The Bertz CT molecular complexity index is 1360. The molecule has 39 heavy (non-hydrogen) atoms. The Labute approximate surface area is 231 Å². The van der Waals surface area contributed by atoms with E-state index in [1.807, 2.05) is 83.8 Å². The lowest BCUT2D eigenvalue weighted by Gasteiger charge is -2.37. The zero-order valence-corrected chi connectivity index (χ0v) is 23.2. The molecule has 1 atom stereocenters. The second-order valence-corrected chi connectivity index (χ2v) is 11.4. The van der Waals surface area contributed by atoms with Crippen LogP contribution < -0.4 is 15.0 Å². The maximum atomic E-state index is 13.9. The highest BCUT2D eigenvalue weighted by atomic mass is 16.5. The summed E-state index contributed by atoms with van der Waals surface area (Å²) in [6.45, 7) is 6.88. The fourth-order valence-corrected chi connectivity index (χ4v) is 5.71. The minimum atomic E-state index is -0.503. The van der Waals surface area contributed by atoms with Crippen LogP contribution in [0.3, 0.4) is 0 Å². The van der Waals surface area contributed by atoms with E-state index in [0.29, 0.717) is 25.0 Å². The Morgan fingerprint density at radius 3 is 2.41 bits per heavy atom. The van der Waals surface area contributed by atoms with Crippen LogP contribution in [0, 0.1) is 5.41 Å². The minimum Gasteiger partial charge on any atom is -0.489 e. The smallest absolute Gasteiger partial charge is 0.227 e. The molecule has 0 unspecified atom stereocenters. The Balaban J connectivity index is 1.56. The Morgan fingerprint density at radius 2 is 1.67 bits per heavy atom. The zero-order chi connectivity index (χ0) is 27.4. The normalized spacial score (nSPS) is 18.1. The van der Waals surface area contributed by atoms with Crippen molar-refractivity contribution in [3.8, 4) is 5.75 Å². The number of nitrogens with one attached hydrogen (secondary N) is 1. The minimum absolute atomic E-state index is 0.0403. The van der Waals surface area contributed by atoms with E-state index in [2.05, 4.69) is 26.1 Å². The van der Waals surface area contributed by atoms with E-state index < -0.39 is 6.04 Å². The average molecular weight is 523 g/mol. The van der Waals surface area contributed by atoms with Crippen molar-refractivity contribution in [1.29, 1.82) is 0 Å². The first-order chi connectivity index (χ1) is 18.9. The number of carbonyl (C=O) groups excluding carboxylic acids is 2. The summed E-state index contributed by atoms with van der Waals surface area (Å²) in [6.07, 6.45) is 4.51. The Kier molecular flexibility index (Phi) is 7.87. The molecule has 1 heterocycles. The van der Waals surface area contributed by atoms with Gasteiger partial charge in [-0.25, -0.2) is 0 Å². The monoisotopic (exact) mass is 522 g/mol. The molecule has 5 heteroatoms. The van der Waals surface area contributed by atoms with E-state index in [1.54, 1.807) is 0 Å². The number of para-hydroxylation sites is 2. The van der Waals surface area contributed by atoms with E-state index >= 15 is 0 Å². The standard InChI is InChI=1S/C34H38N2O3/c1-4-5-7-16-31(38)36-29-15-11-10-14-27(29)35-28-21-34(2,3)22-30(37)32(28)33(36)25-17-19-26(20-18-25)39-23-24-12-8-6-9-13-24/h6,8-15,17-20,33,35H,4-5,7,16,21-23H2,1-3H3/t33-/m1/s1. The molecule has 5 nitrogen and oxygen atoms in total. The van der Waals surface area contributed by atoms with Crippen molar-refractivity contribution in [3.63, 3.8) is 0 Å². The number of rotatable bonds is 8. The number of ether oxygens (including phenoxy) is 1.